The minimum Gasteiger partial charge on any atom is -0.478 e. The molecule has 0 amide bonds. The van der Waals surface area contributed by atoms with Crippen LogP contribution in [0.2, 0.25) is 0 Å². The molecule has 6 nitrogen and oxygen atoms in total. The molecular formula is C16H14N2O4. The molecule has 0 saturated carbocycles. The Kier molecular flexibility index (Phi) is 4.53. The normalized spacial score (nSPS) is 10.0. The number of hydrogen-bond acceptors (Lipinski definition) is 4. The Morgan fingerprint density at radius 2 is 1.77 bits per heavy atom. The van der Waals surface area contributed by atoms with Crippen molar-refractivity contribution in [2.75, 3.05) is 0 Å². The predicted octanol–water partition coefficient (Wildman–Crippen LogP) is 2.03. The van der Waals surface area contributed by atoms with Gasteiger partial charge in [0.15, 0.2) is 0 Å². The van der Waals surface area contributed by atoms with Gasteiger partial charge in [0.05, 0.1) is 11.1 Å². The number of benzene rings is 2. The number of nitrogen functional groups attached to an aromatic ring is 1. The minimum atomic E-state index is -1.21. The van der Waals surface area contributed by atoms with Gasteiger partial charge in [-0.05, 0) is 23.8 Å². The lowest BCUT2D eigenvalue weighted by molar-refractivity contribution is 0.0471. The number of carboxylic acid groups (broad SMARTS) is 1. The van der Waals surface area contributed by atoms with Gasteiger partial charge in [0.25, 0.3) is 0 Å². The Morgan fingerprint density at radius 1 is 1.09 bits per heavy atom. The fourth-order valence-corrected chi connectivity index (χ4v) is 1.89. The van der Waals surface area contributed by atoms with Crippen LogP contribution in [0.25, 0.3) is 0 Å². The van der Waals surface area contributed by atoms with Crippen LogP contribution in [0.5, 0.6) is 0 Å². The van der Waals surface area contributed by atoms with Crippen molar-refractivity contribution >= 4 is 17.8 Å². The number of carbonyl (C=O) groups is 2. The van der Waals surface area contributed by atoms with Crippen LogP contribution in [-0.2, 0) is 11.3 Å². The van der Waals surface area contributed by atoms with Crippen LogP contribution in [0.15, 0.2) is 48.5 Å². The molecule has 6 heteroatoms. The summed E-state index contributed by atoms with van der Waals surface area (Å²) in [6.07, 6.45) is 0. The van der Waals surface area contributed by atoms with Gasteiger partial charge in [-0.15, -0.1) is 0 Å². The van der Waals surface area contributed by atoms with Gasteiger partial charge in [-0.2, -0.15) is 0 Å². The highest BCUT2D eigenvalue weighted by Crippen LogP contribution is 2.14. The number of nitrogens with one attached hydrogen (secondary N) is 1. The smallest absolute Gasteiger partial charge is 0.338 e. The van der Waals surface area contributed by atoms with Crippen molar-refractivity contribution < 1.29 is 19.4 Å². The van der Waals surface area contributed by atoms with Gasteiger partial charge in [-0.1, -0.05) is 30.3 Å². The summed E-state index contributed by atoms with van der Waals surface area (Å²) >= 11 is 0. The van der Waals surface area contributed by atoms with Gasteiger partial charge in [-0.3, -0.25) is 5.41 Å². The molecule has 4 N–H and O–H groups in total. The van der Waals surface area contributed by atoms with E-state index in [4.69, 9.17) is 21.0 Å². The number of nitrogens with two attached hydrogens (primary N) is 1. The molecule has 0 unspecified atom stereocenters. The van der Waals surface area contributed by atoms with Crippen LogP contribution in [-0.4, -0.2) is 22.9 Å². The van der Waals surface area contributed by atoms with Gasteiger partial charge in [0, 0.05) is 5.56 Å². The Bertz CT molecular complexity index is 726. The molecule has 0 fully saturated rings. The summed E-state index contributed by atoms with van der Waals surface area (Å²) < 4.78 is 5.15. The summed E-state index contributed by atoms with van der Waals surface area (Å²) in [5.41, 5.74) is 6.19. The summed E-state index contributed by atoms with van der Waals surface area (Å²) in [6, 6.07) is 13.0. The number of carbonyl (C=O) groups excluding carboxylic acids is 1. The summed E-state index contributed by atoms with van der Waals surface area (Å²) in [4.78, 5) is 23.0. The standard InChI is InChI=1S/C16H14N2O4/c17-14(18)13-8-11(6-7-12(13)15(19)20)16(21)22-9-10-4-2-1-3-5-10/h1-8H,9H2,(H3,17,18)(H,19,20). The van der Waals surface area contributed by atoms with Gasteiger partial charge >= 0.3 is 11.9 Å². The molecule has 0 saturated heterocycles. The van der Waals surface area contributed by atoms with E-state index in [-0.39, 0.29) is 23.3 Å². The van der Waals surface area contributed by atoms with Gasteiger partial charge in [-0.25, -0.2) is 9.59 Å². The molecule has 0 heterocycles. The second-order valence-corrected chi connectivity index (χ2v) is 4.54. The van der Waals surface area contributed by atoms with Crippen molar-refractivity contribution in [2.45, 2.75) is 6.61 Å². The van der Waals surface area contributed by atoms with E-state index in [2.05, 4.69) is 0 Å². The summed E-state index contributed by atoms with van der Waals surface area (Å²) in [5, 5.41) is 16.4. The maximum absolute atomic E-state index is 12.0. The predicted molar refractivity (Wildman–Crippen MR) is 80.0 cm³/mol. The first-order chi connectivity index (χ1) is 10.5. The Balaban J connectivity index is 2.18. The number of carboxylic acids is 1. The molecule has 0 spiro atoms. The summed E-state index contributed by atoms with van der Waals surface area (Å²) in [6.45, 7) is 0.107. The molecule has 2 aromatic rings. The monoisotopic (exact) mass is 298 g/mol. The Hall–Kier alpha value is -3.15. The van der Waals surface area contributed by atoms with E-state index in [1.807, 2.05) is 30.3 Å². The van der Waals surface area contributed by atoms with E-state index >= 15 is 0 Å². The fourth-order valence-electron chi connectivity index (χ4n) is 1.89. The number of rotatable bonds is 5. The zero-order valence-electron chi connectivity index (χ0n) is 11.6. The average molecular weight is 298 g/mol. The number of esters is 1. The third-order valence-electron chi connectivity index (χ3n) is 2.99. The SMILES string of the molecule is N=C(N)c1cc(C(=O)OCc2ccccc2)ccc1C(=O)O. The van der Waals surface area contributed by atoms with Crippen molar-refractivity contribution in [3.63, 3.8) is 0 Å². The first kappa shape index (κ1) is 15.2. The highest BCUT2D eigenvalue weighted by atomic mass is 16.5. The quantitative estimate of drug-likeness (QED) is 0.444. The molecule has 2 rings (SSSR count). The van der Waals surface area contributed by atoms with Crippen LogP contribution >= 0.6 is 0 Å². The second kappa shape index (κ2) is 6.53. The topological polar surface area (TPSA) is 113 Å². The highest BCUT2D eigenvalue weighted by molar-refractivity contribution is 6.07. The second-order valence-electron chi connectivity index (χ2n) is 4.54. The fraction of sp³-hybridized carbons (Fsp3) is 0.0625. The number of ether oxygens (including phenoxy) is 1. The van der Waals surface area contributed by atoms with Crippen molar-refractivity contribution in [1.82, 2.24) is 0 Å². The highest BCUT2D eigenvalue weighted by Gasteiger charge is 2.16. The van der Waals surface area contributed by atoms with Crippen LogP contribution < -0.4 is 5.73 Å². The van der Waals surface area contributed by atoms with E-state index in [1.54, 1.807) is 0 Å². The zero-order chi connectivity index (χ0) is 16.1. The van der Waals surface area contributed by atoms with E-state index < -0.39 is 17.8 Å². The maximum Gasteiger partial charge on any atom is 0.338 e. The molecular weight excluding hydrogens is 284 g/mol. The van der Waals surface area contributed by atoms with Gasteiger partial charge in [0.1, 0.15) is 12.4 Å². The molecule has 0 atom stereocenters. The lowest BCUT2D eigenvalue weighted by Crippen LogP contribution is -2.18. The number of aromatic carboxylic acids is 1. The van der Waals surface area contributed by atoms with Crippen LogP contribution in [0, 0.1) is 5.41 Å². The van der Waals surface area contributed by atoms with Crippen LogP contribution in [0.1, 0.15) is 31.8 Å². The van der Waals surface area contributed by atoms with E-state index in [9.17, 15) is 9.59 Å². The van der Waals surface area contributed by atoms with Crippen molar-refractivity contribution in [2.24, 2.45) is 5.73 Å². The van der Waals surface area contributed by atoms with Gasteiger partial charge in [0.2, 0.25) is 0 Å². The zero-order valence-corrected chi connectivity index (χ0v) is 11.6. The molecule has 22 heavy (non-hydrogen) atoms. The van der Waals surface area contributed by atoms with Crippen LogP contribution in [0.3, 0.4) is 0 Å². The molecule has 0 aliphatic heterocycles. The average Bonchev–Trinajstić information content (AvgIpc) is 2.52. The van der Waals surface area contributed by atoms with Crippen molar-refractivity contribution in [1.29, 1.82) is 5.41 Å². The third kappa shape index (κ3) is 3.49. The van der Waals surface area contributed by atoms with Crippen LogP contribution in [0.4, 0.5) is 0 Å². The first-order valence-electron chi connectivity index (χ1n) is 6.42. The van der Waals surface area contributed by atoms with Gasteiger partial charge < -0.3 is 15.6 Å². The van der Waals surface area contributed by atoms with Crippen molar-refractivity contribution in [3.05, 3.63) is 70.8 Å². The lowest BCUT2D eigenvalue weighted by atomic mass is 10.0. The molecule has 0 radical (unpaired) electrons. The lowest BCUT2D eigenvalue weighted by Gasteiger charge is -2.08. The number of hydrogen-bond donors (Lipinski definition) is 3. The molecule has 112 valence electrons. The van der Waals surface area contributed by atoms with E-state index in [0.717, 1.165) is 5.56 Å². The number of amidine groups is 1. The van der Waals surface area contributed by atoms with Crippen molar-refractivity contribution in [3.8, 4) is 0 Å². The molecule has 0 aliphatic carbocycles. The molecule has 2 aromatic carbocycles. The maximum atomic E-state index is 12.0. The Labute approximate surface area is 126 Å². The molecule has 0 aromatic heterocycles. The summed E-state index contributed by atoms with van der Waals surface area (Å²) in [7, 11) is 0. The van der Waals surface area contributed by atoms with E-state index in [0.29, 0.717) is 0 Å². The van der Waals surface area contributed by atoms with E-state index in [1.165, 1.54) is 18.2 Å². The summed E-state index contributed by atoms with van der Waals surface area (Å²) in [5.74, 6) is -2.24. The largest absolute Gasteiger partial charge is 0.478 e. The molecule has 0 bridgehead atoms. The minimum absolute atomic E-state index is 0.0124. The first-order valence-corrected chi connectivity index (χ1v) is 6.42. The Morgan fingerprint density at radius 3 is 2.36 bits per heavy atom. The third-order valence-corrected chi connectivity index (χ3v) is 2.99. The molecule has 0 aliphatic rings.